The molecule has 1 rings (SSSR count). The molecule has 0 amide bonds. The number of nitrogens with one attached hydrogen (secondary N) is 1. The van der Waals surface area contributed by atoms with E-state index >= 15 is 0 Å². The molecule has 2 heteroatoms. The fourth-order valence-corrected chi connectivity index (χ4v) is 1.43. The third-order valence-corrected chi connectivity index (χ3v) is 2.00. The third kappa shape index (κ3) is 3.48. The van der Waals surface area contributed by atoms with Crippen molar-refractivity contribution >= 4 is 0 Å². The molecule has 2 nitrogen and oxygen atoms in total. The lowest BCUT2D eigenvalue weighted by atomic mass is 10.1. The molecule has 0 saturated heterocycles. The van der Waals surface area contributed by atoms with E-state index in [1.807, 2.05) is 25.2 Å². The van der Waals surface area contributed by atoms with Crippen molar-refractivity contribution in [2.75, 3.05) is 13.6 Å². The Kier molecular flexibility index (Phi) is 4.63. The molecule has 0 aliphatic rings. The van der Waals surface area contributed by atoms with Crippen LogP contribution in [-0.4, -0.2) is 19.7 Å². The van der Waals surface area contributed by atoms with Crippen LogP contribution in [0.2, 0.25) is 0 Å². The second-order valence-corrected chi connectivity index (χ2v) is 3.64. The van der Waals surface area contributed by atoms with E-state index in [9.17, 15) is 0 Å². The van der Waals surface area contributed by atoms with E-state index in [0.717, 1.165) is 6.54 Å². The molecule has 1 aromatic rings. The van der Waals surface area contributed by atoms with E-state index in [4.69, 9.17) is 4.74 Å². The number of benzene rings is 1. The minimum atomic E-state index is 0.154. The topological polar surface area (TPSA) is 21.3 Å². The van der Waals surface area contributed by atoms with Crippen LogP contribution in [0.3, 0.4) is 0 Å². The summed E-state index contributed by atoms with van der Waals surface area (Å²) in [7, 11) is 1.94. The van der Waals surface area contributed by atoms with Crippen molar-refractivity contribution in [3.05, 3.63) is 35.9 Å². The Bertz CT molecular complexity index is 246. The molecule has 14 heavy (non-hydrogen) atoms. The molecule has 0 aliphatic heterocycles. The Hall–Kier alpha value is -0.860. The number of likely N-dealkylation sites (N-methyl/N-ethyl adjacent to an activating group) is 1. The highest BCUT2D eigenvalue weighted by Crippen LogP contribution is 2.17. The van der Waals surface area contributed by atoms with E-state index < -0.39 is 0 Å². The van der Waals surface area contributed by atoms with Crippen molar-refractivity contribution < 1.29 is 4.74 Å². The van der Waals surface area contributed by atoms with Crippen LogP contribution in [0.5, 0.6) is 0 Å². The van der Waals surface area contributed by atoms with E-state index in [2.05, 4.69) is 31.3 Å². The van der Waals surface area contributed by atoms with E-state index in [-0.39, 0.29) is 12.2 Å². The summed E-state index contributed by atoms with van der Waals surface area (Å²) in [4.78, 5) is 0. The maximum atomic E-state index is 5.81. The second-order valence-electron chi connectivity index (χ2n) is 3.64. The first-order chi connectivity index (χ1) is 6.74. The van der Waals surface area contributed by atoms with Gasteiger partial charge >= 0.3 is 0 Å². The molecule has 0 unspecified atom stereocenters. The van der Waals surface area contributed by atoms with Gasteiger partial charge in [-0.05, 0) is 26.5 Å². The van der Waals surface area contributed by atoms with Crippen molar-refractivity contribution in [2.45, 2.75) is 26.1 Å². The first-order valence-electron chi connectivity index (χ1n) is 5.09. The summed E-state index contributed by atoms with van der Waals surface area (Å²) >= 11 is 0. The van der Waals surface area contributed by atoms with Crippen molar-refractivity contribution in [3.63, 3.8) is 0 Å². The van der Waals surface area contributed by atoms with Crippen molar-refractivity contribution in [1.29, 1.82) is 0 Å². The SMILES string of the molecule is CNC[C@H](OC(C)C)c1ccccc1. The highest BCUT2D eigenvalue weighted by atomic mass is 16.5. The summed E-state index contributed by atoms with van der Waals surface area (Å²) in [5, 5.41) is 3.15. The summed E-state index contributed by atoms with van der Waals surface area (Å²) in [5.41, 5.74) is 1.23. The number of hydrogen-bond donors (Lipinski definition) is 1. The van der Waals surface area contributed by atoms with Gasteiger partial charge in [-0.2, -0.15) is 0 Å². The van der Waals surface area contributed by atoms with Gasteiger partial charge < -0.3 is 10.1 Å². The van der Waals surface area contributed by atoms with E-state index in [1.165, 1.54) is 5.56 Å². The molecular formula is C12H19NO. The largest absolute Gasteiger partial charge is 0.370 e. The summed E-state index contributed by atoms with van der Waals surface area (Å²) in [6, 6.07) is 10.3. The van der Waals surface area contributed by atoms with Crippen LogP contribution in [0.25, 0.3) is 0 Å². The highest BCUT2D eigenvalue weighted by molar-refractivity contribution is 5.17. The quantitative estimate of drug-likeness (QED) is 0.775. The molecule has 0 aliphatic carbocycles. The van der Waals surface area contributed by atoms with Gasteiger partial charge in [-0.25, -0.2) is 0 Å². The average Bonchev–Trinajstić information content (AvgIpc) is 2.18. The Morgan fingerprint density at radius 1 is 1.21 bits per heavy atom. The highest BCUT2D eigenvalue weighted by Gasteiger charge is 2.11. The Balaban J connectivity index is 2.67. The van der Waals surface area contributed by atoms with Gasteiger partial charge in [-0.15, -0.1) is 0 Å². The van der Waals surface area contributed by atoms with Crippen molar-refractivity contribution in [3.8, 4) is 0 Å². The minimum absolute atomic E-state index is 0.154. The lowest BCUT2D eigenvalue weighted by Gasteiger charge is -2.20. The van der Waals surface area contributed by atoms with Gasteiger partial charge in [0, 0.05) is 6.54 Å². The van der Waals surface area contributed by atoms with E-state index in [0.29, 0.717) is 0 Å². The van der Waals surface area contributed by atoms with Crippen LogP contribution < -0.4 is 5.32 Å². The molecule has 1 atom stereocenters. The molecular weight excluding hydrogens is 174 g/mol. The number of rotatable bonds is 5. The lowest BCUT2D eigenvalue weighted by Crippen LogP contribution is -2.22. The van der Waals surface area contributed by atoms with Crippen LogP contribution in [0.4, 0.5) is 0 Å². The molecule has 0 aromatic heterocycles. The number of hydrogen-bond acceptors (Lipinski definition) is 2. The molecule has 0 saturated carbocycles. The first kappa shape index (κ1) is 11.2. The fraction of sp³-hybridized carbons (Fsp3) is 0.500. The monoisotopic (exact) mass is 193 g/mol. The Morgan fingerprint density at radius 3 is 2.36 bits per heavy atom. The van der Waals surface area contributed by atoms with Crippen LogP contribution in [-0.2, 0) is 4.74 Å². The molecule has 1 aromatic carbocycles. The predicted octanol–water partition coefficient (Wildman–Crippen LogP) is 2.37. The number of ether oxygens (including phenoxy) is 1. The lowest BCUT2D eigenvalue weighted by molar-refractivity contribution is 0.00814. The molecule has 0 spiro atoms. The minimum Gasteiger partial charge on any atom is -0.370 e. The zero-order chi connectivity index (χ0) is 10.4. The van der Waals surface area contributed by atoms with Gasteiger partial charge in [-0.3, -0.25) is 0 Å². The standard InChI is InChI=1S/C12H19NO/c1-10(2)14-12(9-13-3)11-7-5-4-6-8-11/h4-8,10,12-13H,9H2,1-3H3/t12-/m0/s1. The summed E-state index contributed by atoms with van der Waals surface area (Å²) < 4.78 is 5.81. The molecule has 78 valence electrons. The average molecular weight is 193 g/mol. The summed E-state index contributed by atoms with van der Waals surface area (Å²) in [6.07, 6.45) is 0.412. The smallest absolute Gasteiger partial charge is 0.0952 e. The zero-order valence-electron chi connectivity index (χ0n) is 9.16. The van der Waals surface area contributed by atoms with Crippen molar-refractivity contribution in [1.82, 2.24) is 5.32 Å². The Labute approximate surface area is 86.3 Å². The first-order valence-corrected chi connectivity index (χ1v) is 5.09. The van der Waals surface area contributed by atoms with Crippen LogP contribution in [0, 0.1) is 0 Å². The van der Waals surface area contributed by atoms with Gasteiger partial charge in [0.25, 0.3) is 0 Å². The second kappa shape index (κ2) is 5.78. The van der Waals surface area contributed by atoms with Gasteiger partial charge in [0.1, 0.15) is 0 Å². The third-order valence-electron chi connectivity index (χ3n) is 2.00. The maximum absolute atomic E-state index is 5.81. The molecule has 0 radical (unpaired) electrons. The molecule has 0 bridgehead atoms. The van der Waals surface area contributed by atoms with Gasteiger partial charge in [0.05, 0.1) is 12.2 Å². The van der Waals surface area contributed by atoms with E-state index in [1.54, 1.807) is 0 Å². The van der Waals surface area contributed by atoms with Gasteiger partial charge in [-0.1, -0.05) is 30.3 Å². The fourth-order valence-electron chi connectivity index (χ4n) is 1.43. The zero-order valence-corrected chi connectivity index (χ0v) is 9.16. The molecule has 0 fully saturated rings. The maximum Gasteiger partial charge on any atom is 0.0952 e. The van der Waals surface area contributed by atoms with Crippen LogP contribution in [0.1, 0.15) is 25.5 Å². The molecule has 0 heterocycles. The Morgan fingerprint density at radius 2 is 1.86 bits per heavy atom. The summed E-state index contributed by atoms with van der Waals surface area (Å²) in [5.74, 6) is 0. The van der Waals surface area contributed by atoms with Crippen LogP contribution in [0.15, 0.2) is 30.3 Å². The molecule has 1 N–H and O–H groups in total. The predicted molar refractivity (Wildman–Crippen MR) is 59.3 cm³/mol. The summed E-state index contributed by atoms with van der Waals surface area (Å²) in [6.45, 7) is 4.97. The van der Waals surface area contributed by atoms with Crippen LogP contribution >= 0.6 is 0 Å². The van der Waals surface area contributed by atoms with Crippen molar-refractivity contribution in [2.24, 2.45) is 0 Å². The normalized spacial score (nSPS) is 13.1. The van der Waals surface area contributed by atoms with Gasteiger partial charge in [0.15, 0.2) is 0 Å². The van der Waals surface area contributed by atoms with Gasteiger partial charge in [0.2, 0.25) is 0 Å².